The van der Waals surface area contributed by atoms with Crippen LogP contribution < -0.4 is 4.90 Å². The Hall–Kier alpha value is -1.85. The molecular formula is C21H24ClNO4. The number of hydrogen-bond donors (Lipinski definition) is 0. The highest BCUT2D eigenvalue weighted by atomic mass is 35.5. The summed E-state index contributed by atoms with van der Waals surface area (Å²) in [5.74, 6) is -1.53. The van der Waals surface area contributed by atoms with Crippen molar-refractivity contribution < 1.29 is 19.1 Å². The Labute approximate surface area is 164 Å². The Morgan fingerprint density at radius 3 is 3.00 bits per heavy atom. The molecule has 1 spiro atoms. The van der Waals surface area contributed by atoms with Crippen molar-refractivity contribution in [2.24, 2.45) is 11.8 Å². The van der Waals surface area contributed by atoms with Crippen LogP contribution in [-0.2, 0) is 19.1 Å². The van der Waals surface area contributed by atoms with Gasteiger partial charge in [0.15, 0.2) is 0 Å². The smallest absolute Gasteiger partial charge is 0.312 e. The van der Waals surface area contributed by atoms with Crippen LogP contribution in [0.25, 0.3) is 0 Å². The number of halogens is 1. The lowest BCUT2D eigenvalue weighted by Crippen LogP contribution is -2.40. The molecule has 4 atom stereocenters. The molecule has 5 nitrogen and oxygen atoms in total. The first-order chi connectivity index (χ1) is 13.1. The lowest BCUT2D eigenvalue weighted by molar-refractivity contribution is -0.152. The number of amides is 1. The van der Waals surface area contributed by atoms with Crippen LogP contribution in [-0.4, -0.2) is 36.7 Å². The van der Waals surface area contributed by atoms with Gasteiger partial charge in [-0.15, -0.1) is 0 Å². The summed E-state index contributed by atoms with van der Waals surface area (Å²) in [7, 11) is 0. The molecule has 1 amide bonds. The normalized spacial score (nSPS) is 30.8. The molecule has 144 valence electrons. The van der Waals surface area contributed by atoms with Gasteiger partial charge in [-0.2, -0.15) is 0 Å². The fourth-order valence-corrected chi connectivity index (χ4v) is 4.61. The molecule has 0 N–H and O–H groups in total. The van der Waals surface area contributed by atoms with E-state index in [-0.39, 0.29) is 18.0 Å². The van der Waals surface area contributed by atoms with Crippen molar-refractivity contribution in [2.45, 2.75) is 44.3 Å². The van der Waals surface area contributed by atoms with Crippen molar-refractivity contribution in [3.63, 3.8) is 0 Å². The van der Waals surface area contributed by atoms with E-state index >= 15 is 0 Å². The highest BCUT2D eigenvalue weighted by molar-refractivity contribution is 6.31. The van der Waals surface area contributed by atoms with Gasteiger partial charge in [0, 0.05) is 10.7 Å². The van der Waals surface area contributed by atoms with Gasteiger partial charge in [-0.3, -0.25) is 9.59 Å². The number of esters is 1. The van der Waals surface area contributed by atoms with Gasteiger partial charge in [0.25, 0.3) is 0 Å². The van der Waals surface area contributed by atoms with E-state index in [1.54, 1.807) is 17.0 Å². The molecule has 0 unspecified atom stereocenters. The van der Waals surface area contributed by atoms with Gasteiger partial charge in [0.1, 0.15) is 11.5 Å². The highest BCUT2D eigenvalue weighted by Gasteiger charge is 2.67. The van der Waals surface area contributed by atoms with Crippen molar-refractivity contribution in [2.75, 3.05) is 18.1 Å². The van der Waals surface area contributed by atoms with E-state index in [0.29, 0.717) is 18.2 Å². The Bertz CT molecular complexity index is 779. The maximum Gasteiger partial charge on any atom is 0.312 e. The number of fused-ring (bicyclic) bond motifs is 1. The Balaban J connectivity index is 1.49. The summed E-state index contributed by atoms with van der Waals surface area (Å²) >= 11 is 6.08. The molecule has 3 aliphatic rings. The monoisotopic (exact) mass is 389 g/mol. The third-order valence-corrected chi connectivity index (χ3v) is 5.97. The molecule has 27 heavy (non-hydrogen) atoms. The lowest BCUT2D eigenvalue weighted by Gasteiger charge is -2.22. The largest absolute Gasteiger partial charge is 0.465 e. The summed E-state index contributed by atoms with van der Waals surface area (Å²) in [6.45, 7) is 2.93. The zero-order chi connectivity index (χ0) is 19.0. The second kappa shape index (κ2) is 7.28. The van der Waals surface area contributed by atoms with Crippen molar-refractivity contribution >= 4 is 29.2 Å². The molecule has 1 aromatic rings. The van der Waals surface area contributed by atoms with Crippen LogP contribution in [0.1, 0.15) is 32.6 Å². The van der Waals surface area contributed by atoms with E-state index in [9.17, 15) is 9.59 Å². The SMILES string of the molecule is CCCCCCOC(=O)[C@H]1[C@H]2C(=O)N(c3cccc(Cl)c3)C[C@@]23C=C[C@H]1O3. The van der Waals surface area contributed by atoms with Gasteiger partial charge in [-0.1, -0.05) is 56.0 Å². The van der Waals surface area contributed by atoms with Gasteiger partial charge in [-0.05, 0) is 24.6 Å². The predicted molar refractivity (Wildman–Crippen MR) is 103 cm³/mol. The van der Waals surface area contributed by atoms with Crippen LogP contribution >= 0.6 is 11.6 Å². The number of rotatable bonds is 7. The van der Waals surface area contributed by atoms with Crippen molar-refractivity contribution in [1.29, 1.82) is 0 Å². The molecule has 0 aromatic heterocycles. The Morgan fingerprint density at radius 1 is 1.37 bits per heavy atom. The maximum atomic E-state index is 13.2. The minimum atomic E-state index is -0.740. The van der Waals surface area contributed by atoms with Crippen LogP contribution in [0.15, 0.2) is 36.4 Å². The van der Waals surface area contributed by atoms with E-state index in [0.717, 1.165) is 31.4 Å². The van der Waals surface area contributed by atoms with E-state index in [2.05, 4.69) is 6.92 Å². The summed E-state index contributed by atoms with van der Waals surface area (Å²) in [5, 5.41) is 0.568. The van der Waals surface area contributed by atoms with Gasteiger partial charge >= 0.3 is 5.97 Å². The van der Waals surface area contributed by atoms with E-state index in [1.807, 2.05) is 24.3 Å². The van der Waals surface area contributed by atoms with Crippen LogP contribution in [0.5, 0.6) is 0 Å². The number of hydrogen-bond acceptors (Lipinski definition) is 4. The molecule has 0 aliphatic carbocycles. The van der Waals surface area contributed by atoms with Crippen LogP contribution in [0.4, 0.5) is 5.69 Å². The van der Waals surface area contributed by atoms with Gasteiger partial charge in [0.2, 0.25) is 5.91 Å². The van der Waals surface area contributed by atoms with Gasteiger partial charge in [0.05, 0.1) is 25.2 Å². The van der Waals surface area contributed by atoms with E-state index in [1.165, 1.54) is 0 Å². The Morgan fingerprint density at radius 2 is 2.22 bits per heavy atom. The molecule has 0 saturated carbocycles. The number of nitrogens with zero attached hydrogens (tertiary/aromatic N) is 1. The average Bonchev–Trinajstić information content (AvgIpc) is 3.30. The molecule has 2 saturated heterocycles. The molecule has 4 rings (SSSR count). The predicted octanol–water partition coefficient (Wildman–Crippen LogP) is 3.75. The second-order valence-electron chi connectivity index (χ2n) is 7.53. The molecule has 1 aromatic carbocycles. The maximum absolute atomic E-state index is 13.2. The third kappa shape index (κ3) is 3.17. The number of unbranched alkanes of at least 4 members (excludes halogenated alkanes) is 3. The topological polar surface area (TPSA) is 55.8 Å². The molecule has 3 heterocycles. The number of carbonyl (C=O) groups excluding carboxylic acids is 2. The quantitative estimate of drug-likeness (QED) is 0.405. The molecule has 6 heteroatoms. The number of benzene rings is 1. The van der Waals surface area contributed by atoms with Gasteiger partial charge < -0.3 is 14.4 Å². The minimum absolute atomic E-state index is 0.1000. The second-order valence-corrected chi connectivity index (χ2v) is 7.97. The first-order valence-electron chi connectivity index (χ1n) is 9.66. The van der Waals surface area contributed by atoms with E-state index in [4.69, 9.17) is 21.1 Å². The third-order valence-electron chi connectivity index (χ3n) is 5.73. The summed E-state index contributed by atoms with van der Waals surface area (Å²) in [5.41, 5.74) is -0.0147. The summed E-state index contributed by atoms with van der Waals surface area (Å²) in [6, 6.07) is 7.19. The van der Waals surface area contributed by atoms with Crippen LogP contribution in [0, 0.1) is 11.8 Å². The number of carbonyl (C=O) groups is 2. The molecule has 2 bridgehead atoms. The van der Waals surface area contributed by atoms with Crippen molar-refractivity contribution in [1.82, 2.24) is 0 Å². The lowest BCUT2D eigenvalue weighted by atomic mass is 9.77. The Kier molecular flexibility index (Phi) is 4.99. The van der Waals surface area contributed by atoms with Gasteiger partial charge in [-0.25, -0.2) is 0 Å². The first-order valence-corrected chi connectivity index (χ1v) is 10.0. The highest BCUT2D eigenvalue weighted by Crippen LogP contribution is 2.53. The fourth-order valence-electron chi connectivity index (χ4n) is 4.43. The standard InChI is InChI=1S/C21H24ClNO4/c1-2-3-4-5-11-26-20(25)17-16-9-10-21(27-16)13-23(19(24)18(17)21)15-8-6-7-14(22)12-15/h6-10,12,16-18H,2-5,11,13H2,1H3/t16-,17-,18+,21+/m1/s1. The van der Waals surface area contributed by atoms with Crippen molar-refractivity contribution in [3.8, 4) is 0 Å². The van der Waals surface area contributed by atoms with Crippen LogP contribution in [0.3, 0.4) is 0 Å². The number of anilines is 1. The van der Waals surface area contributed by atoms with Crippen molar-refractivity contribution in [3.05, 3.63) is 41.4 Å². The molecule has 0 radical (unpaired) electrons. The summed E-state index contributed by atoms with van der Waals surface area (Å²) in [6.07, 6.45) is 7.63. The molecular weight excluding hydrogens is 366 g/mol. The summed E-state index contributed by atoms with van der Waals surface area (Å²) < 4.78 is 11.6. The number of ether oxygens (including phenoxy) is 2. The summed E-state index contributed by atoms with van der Waals surface area (Å²) in [4.78, 5) is 27.6. The molecule has 3 aliphatic heterocycles. The van der Waals surface area contributed by atoms with Crippen LogP contribution in [0.2, 0.25) is 5.02 Å². The minimum Gasteiger partial charge on any atom is -0.465 e. The zero-order valence-corrected chi connectivity index (χ0v) is 16.2. The first kappa shape index (κ1) is 18.5. The molecule has 2 fully saturated rings. The van der Waals surface area contributed by atoms with E-state index < -0.39 is 17.4 Å². The fraction of sp³-hybridized carbons (Fsp3) is 0.524. The zero-order valence-electron chi connectivity index (χ0n) is 15.4. The average molecular weight is 390 g/mol.